The second-order valence-electron chi connectivity index (χ2n) is 7.46. The van der Waals surface area contributed by atoms with E-state index in [0.717, 1.165) is 5.69 Å². The SMILES string of the molecule is COC(=O)C1=C(C)NC(C)=C(C#N)[C@H]1c1cn(-c2ccccc2)nc1-c1ccc(F)cc1. The van der Waals surface area contributed by atoms with Crippen molar-refractivity contribution in [3.8, 4) is 23.0 Å². The molecule has 2 heterocycles. The van der Waals surface area contributed by atoms with E-state index in [9.17, 15) is 14.4 Å². The summed E-state index contributed by atoms with van der Waals surface area (Å²) in [6.45, 7) is 3.57. The average Bonchev–Trinajstić information content (AvgIpc) is 3.24. The second-order valence-corrected chi connectivity index (χ2v) is 7.46. The predicted octanol–water partition coefficient (Wildman–Crippen LogP) is 4.61. The number of hydrogen-bond acceptors (Lipinski definition) is 5. The minimum Gasteiger partial charge on any atom is -0.466 e. The van der Waals surface area contributed by atoms with Gasteiger partial charge in [-0.1, -0.05) is 18.2 Å². The highest BCUT2D eigenvalue weighted by molar-refractivity contribution is 5.93. The molecule has 2 aromatic carbocycles. The number of rotatable bonds is 4. The molecule has 1 atom stereocenters. The van der Waals surface area contributed by atoms with Crippen LogP contribution in [-0.2, 0) is 9.53 Å². The predicted molar refractivity (Wildman–Crippen MR) is 118 cm³/mol. The van der Waals surface area contributed by atoms with Crippen LogP contribution in [0.25, 0.3) is 16.9 Å². The van der Waals surface area contributed by atoms with Crippen LogP contribution < -0.4 is 5.32 Å². The number of aromatic nitrogens is 2. The summed E-state index contributed by atoms with van der Waals surface area (Å²) in [7, 11) is 1.31. The monoisotopic (exact) mass is 428 g/mol. The number of methoxy groups -OCH3 is 1. The number of nitrogens with zero attached hydrogens (tertiary/aromatic N) is 3. The molecule has 0 radical (unpaired) electrons. The number of nitrogens with one attached hydrogen (secondary N) is 1. The molecule has 0 saturated heterocycles. The summed E-state index contributed by atoms with van der Waals surface area (Å²) in [5.74, 6) is -1.58. The fraction of sp³-hybridized carbons (Fsp3) is 0.160. The van der Waals surface area contributed by atoms with Crippen LogP contribution in [0.2, 0.25) is 0 Å². The highest BCUT2D eigenvalue weighted by atomic mass is 19.1. The molecule has 4 rings (SSSR count). The molecule has 32 heavy (non-hydrogen) atoms. The molecular weight excluding hydrogens is 407 g/mol. The highest BCUT2D eigenvalue weighted by Crippen LogP contribution is 2.42. The molecule has 0 saturated carbocycles. The van der Waals surface area contributed by atoms with Crippen molar-refractivity contribution in [1.82, 2.24) is 15.1 Å². The first-order valence-electron chi connectivity index (χ1n) is 10.0. The molecule has 0 unspecified atom stereocenters. The van der Waals surface area contributed by atoms with E-state index >= 15 is 0 Å². The third-order valence-electron chi connectivity index (χ3n) is 5.48. The van der Waals surface area contributed by atoms with E-state index in [1.807, 2.05) is 36.5 Å². The normalized spacial score (nSPS) is 15.9. The Morgan fingerprint density at radius 3 is 2.44 bits per heavy atom. The number of allylic oxidation sites excluding steroid dienone is 3. The Kier molecular flexibility index (Phi) is 5.61. The number of esters is 1. The van der Waals surface area contributed by atoms with Gasteiger partial charge >= 0.3 is 5.97 Å². The smallest absolute Gasteiger partial charge is 0.336 e. The molecule has 1 aliphatic heterocycles. The largest absolute Gasteiger partial charge is 0.466 e. The van der Waals surface area contributed by atoms with Gasteiger partial charge in [0.25, 0.3) is 0 Å². The highest BCUT2D eigenvalue weighted by Gasteiger charge is 2.36. The standard InChI is InChI=1S/C25H21FN4O2/c1-15-20(13-27)23(22(16(2)28-15)25(31)32-3)21-14-30(19-7-5-4-6-8-19)29-24(21)17-9-11-18(26)12-10-17/h4-12,14,23,28H,1-3H3/t23-/m0/s1. The molecule has 1 aliphatic rings. The Balaban J connectivity index is 2.00. The minimum atomic E-state index is -0.689. The van der Waals surface area contributed by atoms with Gasteiger partial charge < -0.3 is 10.1 Å². The fourth-order valence-electron chi connectivity index (χ4n) is 3.98. The third kappa shape index (κ3) is 3.67. The fourth-order valence-corrected chi connectivity index (χ4v) is 3.98. The zero-order valence-corrected chi connectivity index (χ0v) is 17.9. The Bertz CT molecular complexity index is 1280. The first-order chi connectivity index (χ1) is 15.4. The van der Waals surface area contributed by atoms with Crippen molar-refractivity contribution in [1.29, 1.82) is 5.26 Å². The minimum absolute atomic E-state index is 0.339. The van der Waals surface area contributed by atoms with Gasteiger partial charge in [0, 0.05) is 28.7 Å². The van der Waals surface area contributed by atoms with Crippen LogP contribution in [0.1, 0.15) is 25.3 Å². The number of carbonyl (C=O) groups excluding carboxylic acids is 1. The quantitative estimate of drug-likeness (QED) is 0.614. The molecule has 160 valence electrons. The summed E-state index contributed by atoms with van der Waals surface area (Å²) in [6, 6.07) is 17.7. The number of para-hydroxylation sites is 1. The number of ether oxygens (including phenoxy) is 1. The van der Waals surface area contributed by atoms with Crippen molar-refractivity contribution < 1.29 is 13.9 Å². The molecule has 0 amide bonds. The lowest BCUT2D eigenvalue weighted by Crippen LogP contribution is -2.28. The van der Waals surface area contributed by atoms with Gasteiger partial charge in [-0.25, -0.2) is 13.9 Å². The lowest BCUT2D eigenvalue weighted by molar-refractivity contribution is -0.136. The number of benzene rings is 2. The van der Waals surface area contributed by atoms with Gasteiger partial charge in [0.15, 0.2) is 0 Å². The van der Waals surface area contributed by atoms with E-state index in [4.69, 9.17) is 9.84 Å². The molecule has 1 N–H and O–H groups in total. The van der Waals surface area contributed by atoms with Gasteiger partial charge in [-0.05, 0) is 50.2 Å². The summed E-state index contributed by atoms with van der Waals surface area (Å²) >= 11 is 0. The van der Waals surface area contributed by atoms with Crippen molar-refractivity contribution in [3.05, 3.63) is 94.7 Å². The zero-order chi connectivity index (χ0) is 22.8. The summed E-state index contributed by atoms with van der Waals surface area (Å²) in [5, 5.41) is 17.8. The molecule has 7 heteroatoms. The van der Waals surface area contributed by atoms with Crippen LogP contribution in [0, 0.1) is 17.1 Å². The summed E-state index contributed by atoms with van der Waals surface area (Å²) < 4.78 is 20.4. The lowest BCUT2D eigenvalue weighted by Gasteiger charge is -2.28. The molecule has 0 bridgehead atoms. The first-order valence-corrected chi connectivity index (χ1v) is 10.0. The summed E-state index contributed by atoms with van der Waals surface area (Å²) in [4.78, 5) is 12.8. The van der Waals surface area contributed by atoms with Crippen molar-refractivity contribution in [3.63, 3.8) is 0 Å². The van der Waals surface area contributed by atoms with E-state index in [0.29, 0.717) is 39.4 Å². The molecule has 0 aliphatic carbocycles. The Morgan fingerprint density at radius 1 is 1.12 bits per heavy atom. The zero-order valence-electron chi connectivity index (χ0n) is 17.9. The van der Waals surface area contributed by atoms with E-state index in [1.165, 1.54) is 19.2 Å². The van der Waals surface area contributed by atoms with Gasteiger partial charge in [0.05, 0.1) is 41.6 Å². The Hall–Kier alpha value is -4.18. The summed E-state index contributed by atoms with van der Waals surface area (Å²) in [5.41, 5.74) is 4.68. The maximum Gasteiger partial charge on any atom is 0.336 e. The number of halogens is 1. The van der Waals surface area contributed by atoms with Gasteiger partial charge in [-0.2, -0.15) is 10.4 Å². The lowest BCUT2D eigenvalue weighted by atomic mass is 9.80. The number of carbonyl (C=O) groups is 1. The van der Waals surface area contributed by atoms with Crippen LogP contribution >= 0.6 is 0 Å². The van der Waals surface area contributed by atoms with E-state index in [-0.39, 0.29) is 5.82 Å². The van der Waals surface area contributed by atoms with Gasteiger partial charge in [0.1, 0.15) is 5.82 Å². The van der Waals surface area contributed by atoms with Crippen LogP contribution in [0.4, 0.5) is 4.39 Å². The van der Waals surface area contributed by atoms with E-state index < -0.39 is 11.9 Å². The topological polar surface area (TPSA) is 79.9 Å². The van der Waals surface area contributed by atoms with Crippen molar-refractivity contribution >= 4 is 5.97 Å². The first kappa shape index (κ1) is 21.1. The van der Waals surface area contributed by atoms with Gasteiger partial charge in [-0.3, -0.25) is 0 Å². The van der Waals surface area contributed by atoms with Crippen molar-refractivity contribution in [2.45, 2.75) is 19.8 Å². The average molecular weight is 428 g/mol. The Labute approximate surface area is 185 Å². The van der Waals surface area contributed by atoms with E-state index in [1.54, 1.807) is 30.7 Å². The Morgan fingerprint density at radius 2 is 1.81 bits per heavy atom. The molecule has 1 aromatic heterocycles. The van der Waals surface area contributed by atoms with Gasteiger partial charge in [-0.15, -0.1) is 0 Å². The van der Waals surface area contributed by atoms with Crippen molar-refractivity contribution in [2.75, 3.05) is 7.11 Å². The second kappa shape index (κ2) is 8.52. The van der Waals surface area contributed by atoms with Crippen molar-refractivity contribution in [2.24, 2.45) is 0 Å². The number of hydrogen-bond donors (Lipinski definition) is 1. The molecule has 0 spiro atoms. The van der Waals surface area contributed by atoms with Crippen LogP contribution in [0.3, 0.4) is 0 Å². The maximum absolute atomic E-state index is 13.6. The summed E-state index contributed by atoms with van der Waals surface area (Å²) in [6.07, 6.45) is 1.81. The van der Waals surface area contributed by atoms with E-state index in [2.05, 4.69) is 11.4 Å². The molecular formula is C25H21FN4O2. The number of nitriles is 1. The van der Waals surface area contributed by atoms with Gasteiger partial charge in [0.2, 0.25) is 0 Å². The van der Waals surface area contributed by atoms with Crippen LogP contribution in [0.5, 0.6) is 0 Å². The molecule has 6 nitrogen and oxygen atoms in total. The third-order valence-corrected chi connectivity index (χ3v) is 5.48. The number of dihydropyridines is 1. The molecule has 0 fully saturated rings. The maximum atomic E-state index is 13.6. The molecule has 3 aromatic rings. The van der Waals surface area contributed by atoms with Crippen LogP contribution in [0.15, 0.2) is 83.3 Å². The van der Waals surface area contributed by atoms with Crippen LogP contribution in [-0.4, -0.2) is 22.9 Å².